The standard InChI is InChI=1S/C36H43ClFN5O2Si/c1-35(2,3)46(27-14-7-4-8-15-27,28-16-9-5-10-17-28)45-26-22-36(18-13-21-43(36)24-26)25-44-34-40-31-29(23-39-32(37)30(31)38)33(41-34)42-19-11-6-12-20-42/h4-5,7-10,14-17,23,26H,6,11-13,18-22,24-25H2,1-3H3/t26-,36+/m1/s1. The number of halogens is 2. The maximum Gasteiger partial charge on any atom is 0.319 e. The number of fused-ring (bicyclic) bond motifs is 2. The molecule has 0 bridgehead atoms. The van der Waals surface area contributed by atoms with Crippen LogP contribution in [0.4, 0.5) is 10.2 Å². The van der Waals surface area contributed by atoms with Gasteiger partial charge in [0.2, 0.25) is 0 Å². The molecular weight excluding hydrogens is 617 g/mol. The SMILES string of the molecule is CC(C)(C)[Si](O[C@H]1CN2CCC[C@@]2(COc2nc(N3CCCCC3)c3cnc(Cl)c(F)c3n2)C1)(c1ccccc1)c1ccccc1. The summed E-state index contributed by atoms with van der Waals surface area (Å²) in [4.78, 5) is 18.2. The highest BCUT2D eigenvalue weighted by molar-refractivity contribution is 6.99. The fourth-order valence-corrected chi connectivity index (χ4v) is 12.9. The van der Waals surface area contributed by atoms with Crippen molar-refractivity contribution in [3.8, 4) is 6.01 Å². The summed E-state index contributed by atoms with van der Waals surface area (Å²) in [7, 11) is -2.71. The predicted octanol–water partition coefficient (Wildman–Crippen LogP) is 6.37. The molecule has 3 aliphatic rings. The van der Waals surface area contributed by atoms with Crippen molar-refractivity contribution in [1.82, 2.24) is 19.9 Å². The number of rotatable bonds is 8. The van der Waals surface area contributed by atoms with E-state index >= 15 is 4.39 Å². The van der Waals surface area contributed by atoms with E-state index in [0.717, 1.165) is 58.3 Å². The van der Waals surface area contributed by atoms with Crippen LogP contribution in [0.2, 0.25) is 10.2 Å². The summed E-state index contributed by atoms with van der Waals surface area (Å²) in [5.74, 6) is 0.0350. The Labute approximate surface area is 277 Å². The number of pyridine rings is 1. The van der Waals surface area contributed by atoms with E-state index in [4.69, 9.17) is 25.7 Å². The Balaban J connectivity index is 1.19. The molecule has 0 radical (unpaired) electrons. The minimum absolute atomic E-state index is 0.0407. The number of hydrogen-bond donors (Lipinski definition) is 0. The van der Waals surface area contributed by atoms with Gasteiger partial charge in [-0.1, -0.05) is 93.0 Å². The van der Waals surface area contributed by atoms with Crippen LogP contribution in [0.3, 0.4) is 0 Å². The largest absolute Gasteiger partial charge is 0.461 e. The number of anilines is 1. The predicted molar refractivity (Wildman–Crippen MR) is 185 cm³/mol. The average molecular weight is 660 g/mol. The van der Waals surface area contributed by atoms with E-state index in [1.54, 1.807) is 6.20 Å². The van der Waals surface area contributed by atoms with Crippen LogP contribution >= 0.6 is 11.6 Å². The van der Waals surface area contributed by atoms with Crippen LogP contribution in [-0.4, -0.2) is 72.6 Å². The first-order chi connectivity index (χ1) is 22.2. The molecule has 2 aromatic carbocycles. The zero-order chi connectivity index (χ0) is 31.9. The fourth-order valence-electron chi connectivity index (χ4n) is 8.10. The smallest absolute Gasteiger partial charge is 0.319 e. The first-order valence-corrected chi connectivity index (χ1v) is 18.9. The second-order valence-electron chi connectivity index (χ2n) is 14.2. The minimum atomic E-state index is -2.71. The molecule has 0 spiro atoms. The van der Waals surface area contributed by atoms with Gasteiger partial charge in [-0.05, 0) is 60.5 Å². The monoisotopic (exact) mass is 659 g/mol. The van der Waals surface area contributed by atoms with Gasteiger partial charge < -0.3 is 14.1 Å². The molecule has 3 fully saturated rings. The van der Waals surface area contributed by atoms with Crippen LogP contribution in [0.1, 0.15) is 59.3 Å². The molecular formula is C36H43ClFN5O2Si. The van der Waals surface area contributed by atoms with E-state index in [-0.39, 0.29) is 33.4 Å². The second kappa shape index (κ2) is 12.5. The molecule has 242 valence electrons. The lowest BCUT2D eigenvalue weighted by Crippen LogP contribution is -2.67. The topological polar surface area (TPSA) is 63.6 Å². The molecule has 7 rings (SSSR count). The summed E-state index contributed by atoms with van der Waals surface area (Å²) < 4.78 is 29.3. The molecule has 0 N–H and O–H groups in total. The number of ether oxygens (including phenoxy) is 1. The van der Waals surface area contributed by atoms with E-state index in [0.29, 0.717) is 17.8 Å². The van der Waals surface area contributed by atoms with Crippen molar-refractivity contribution in [3.05, 3.63) is 77.8 Å². The number of nitrogens with zero attached hydrogens (tertiary/aromatic N) is 5. The summed E-state index contributed by atoms with van der Waals surface area (Å²) in [5.41, 5.74) is -0.0423. The molecule has 5 heterocycles. The third-order valence-electron chi connectivity index (χ3n) is 10.3. The van der Waals surface area contributed by atoms with E-state index < -0.39 is 14.1 Å². The van der Waals surface area contributed by atoms with Crippen molar-refractivity contribution in [2.75, 3.05) is 37.7 Å². The molecule has 10 heteroatoms. The summed E-state index contributed by atoms with van der Waals surface area (Å²) in [6.07, 6.45) is 7.89. The summed E-state index contributed by atoms with van der Waals surface area (Å²) in [6.45, 7) is 10.9. The van der Waals surface area contributed by atoms with Crippen LogP contribution in [0.25, 0.3) is 10.9 Å². The molecule has 0 amide bonds. The average Bonchev–Trinajstić information content (AvgIpc) is 3.62. The Kier molecular flexibility index (Phi) is 8.55. The number of benzene rings is 2. The summed E-state index contributed by atoms with van der Waals surface area (Å²) in [6, 6.07) is 21.9. The Morgan fingerprint density at radius 3 is 2.26 bits per heavy atom. The zero-order valence-electron chi connectivity index (χ0n) is 27.0. The van der Waals surface area contributed by atoms with Gasteiger partial charge in [-0.3, -0.25) is 4.90 Å². The number of aromatic nitrogens is 3. The molecule has 3 saturated heterocycles. The lowest BCUT2D eigenvalue weighted by atomic mass is 9.94. The quantitative estimate of drug-likeness (QED) is 0.161. The van der Waals surface area contributed by atoms with E-state index in [2.05, 4.69) is 101 Å². The molecule has 0 aliphatic carbocycles. The van der Waals surface area contributed by atoms with Crippen LogP contribution in [-0.2, 0) is 4.43 Å². The van der Waals surface area contributed by atoms with Crippen LogP contribution < -0.4 is 20.0 Å². The lowest BCUT2D eigenvalue weighted by molar-refractivity contribution is 0.107. The Morgan fingerprint density at radius 1 is 0.935 bits per heavy atom. The van der Waals surface area contributed by atoms with Gasteiger partial charge in [0.15, 0.2) is 11.0 Å². The maximum absolute atomic E-state index is 15.3. The number of piperidine rings is 1. The highest BCUT2D eigenvalue weighted by atomic mass is 35.5. The van der Waals surface area contributed by atoms with Crippen molar-refractivity contribution >= 4 is 47.0 Å². The molecule has 3 aliphatic heterocycles. The van der Waals surface area contributed by atoms with Crippen LogP contribution in [0.5, 0.6) is 6.01 Å². The first kappa shape index (κ1) is 31.5. The zero-order valence-corrected chi connectivity index (χ0v) is 28.8. The van der Waals surface area contributed by atoms with Gasteiger partial charge in [0.25, 0.3) is 8.32 Å². The summed E-state index contributed by atoms with van der Waals surface area (Å²) in [5, 5.41) is 2.85. The van der Waals surface area contributed by atoms with E-state index in [9.17, 15) is 0 Å². The Hall–Kier alpha value is -3.11. The summed E-state index contributed by atoms with van der Waals surface area (Å²) >= 11 is 6.10. The van der Waals surface area contributed by atoms with Gasteiger partial charge in [-0.2, -0.15) is 9.97 Å². The van der Waals surface area contributed by atoms with Gasteiger partial charge in [0.1, 0.15) is 17.9 Å². The van der Waals surface area contributed by atoms with E-state index in [1.165, 1.54) is 16.8 Å². The van der Waals surface area contributed by atoms with Crippen LogP contribution in [0, 0.1) is 5.82 Å². The molecule has 4 aromatic rings. The highest BCUT2D eigenvalue weighted by Gasteiger charge is 2.56. The maximum atomic E-state index is 15.3. The van der Waals surface area contributed by atoms with Crippen molar-refractivity contribution < 1.29 is 13.6 Å². The van der Waals surface area contributed by atoms with Gasteiger partial charge in [-0.15, -0.1) is 0 Å². The van der Waals surface area contributed by atoms with Gasteiger partial charge in [0, 0.05) is 25.8 Å². The van der Waals surface area contributed by atoms with Crippen molar-refractivity contribution in [2.24, 2.45) is 0 Å². The third-order valence-corrected chi connectivity index (χ3v) is 15.6. The van der Waals surface area contributed by atoms with Crippen LogP contribution in [0.15, 0.2) is 66.9 Å². The third kappa shape index (κ3) is 5.59. The fraction of sp³-hybridized carbons (Fsp3) is 0.472. The van der Waals surface area contributed by atoms with Crippen molar-refractivity contribution in [1.29, 1.82) is 0 Å². The highest BCUT2D eigenvalue weighted by Crippen LogP contribution is 2.44. The van der Waals surface area contributed by atoms with Crippen molar-refractivity contribution in [3.63, 3.8) is 0 Å². The second-order valence-corrected chi connectivity index (χ2v) is 18.8. The lowest BCUT2D eigenvalue weighted by Gasteiger charge is -2.44. The number of hydrogen-bond acceptors (Lipinski definition) is 7. The molecule has 2 atom stereocenters. The molecule has 46 heavy (non-hydrogen) atoms. The molecule has 0 saturated carbocycles. The Bertz CT molecular complexity index is 1650. The minimum Gasteiger partial charge on any atom is -0.461 e. The molecule has 7 nitrogen and oxygen atoms in total. The van der Waals surface area contributed by atoms with Crippen molar-refractivity contribution in [2.45, 2.75) is 76.0 Å². The van der Waals surface area contributed by atoms with Gasteiger partial charge in [-0.25, -0.2) is 9.37 Å². The van der Waals surface area contributed by atoms with Gasteiger partial charge in [0.05, 0.1) is 17.0 Å². The van der Waals surface area contributed by atoms with E-state index in [1.807, 2.05) is 0 Å². The first-order valence-electron chi connectivity index (χ1n) is 16.6. The Morgan fingerprint density at radius 2 is 1.61 bits per heavy atom. The van der Waals surface area contributed by atoms with Gasteiger partial charge >= 0.3 is 6.01 Å². The molecule has 0 unspecified atom stereocenters. The molecule has 2 aromatic heterocycles. The normalized spacial score (nSPS) is 22.4.